The van der Waals surface area contributed by atoms with Gasteiger partial charge in [0.15, 0.2) is 10.9 Å². The fraction of sp³-hybridized carbons (Fsp3) is 0.545. The number of carbonyl (C=O) groups is 3. The minimum Gasteiger partial charge on any atom is -0.545 e. The Morgan fingerprint density at radius 2 is 2.19 bits per heavy atom. The summed E-state index contributed by atoms with van der Waals surface area (Å²) < 4.78 is 4.37. The number of ketones is 1. The van der Waals surface area contributed by atoms with Gasteiger partial charge in [-0.25, -0.2) is 0 Å². The van der Waals surface area contributed by atoms with Crippen LogP contribution in [0.15, 0.2) is 28.5 Å². The summed E-state index contributed by atoms with van der Waals surface area (Å²) in [5, 5.41) is 37.6. The number of aliphatic hydroxyl groups is 2. The van der Waals surface area contributed by atoms with Crippen molar-refractivity contribution in [2.24, 2.45) is 11.1 Å². The van der Waals surface area contributed by atoms with E-state index in [0.717, 1.165) is 11.5 Å². The van der Waals surface area contributed by atoms with E-state index < -0.39 is 41.0 Å². The molecule has 37 heavy (non-hydrogen) atoms. The maximum atomic E-state index is 13.0. The third-order valence-corrected chi connectivity index (χ3v) is 8.97. The van der Waals surface area contributed by atoms with Gasteiger partial charge in [0.1, 0.15) is 31.8 Å². The molecule has 0 radical (unpaired) electrons. The molecule has 1 saturated carbocycles. The lowest BCUT2D eigenvalue weighted by molar-refractivity contribution is -0.917. The highest BCUT2D eigenvalue weighted by atomic mass is 32.2. The normalized spacial score (nSPS) is 31.8. The summed E-state index contributed by atoms with van der Waals surface area (Å²) in [7, 11) is 3.18. The maximum Gasteiger partial charge on any atom is 0.277 e. The van der Waals surface area contributed by atoms with Crippen LogP contribution in [0.4, 0.5) is 5.13 Å². The molecule has 1 amide bonds. The summed E-state index contributed by atoms with van der Waals surface area (Å²) in [6.07, 6.45) is 3.48. The summed E-state index contributed by atoms with van der Waals surface area (Å²) in [5.41, 5.74) is 5.71. The fourth-order valence-corrected chi connectivity index (χ4v) is 7.04. The van der Waals surface area contributed by atoms with Gasteiger partial charge >= 0.3 is 0 Å². The molecule has 6 atom stereocenters. The molecule has 0 bridgehead atoms. The number of quaternary nitrogens is 1. The summed E-state index contributed by atoms with van der Waals surface area (Å²) in [4.78, 5) is 46.5. The van der Waals surface area contributed by atoms with Crippen LogP contribution >= 0.6 is 23.3 Å². The molecule has 3 aliphatic rings. The average Bonchev–Trinajstić information content (AvgIpc) is 3.41. The van der Waals surface area contributed by atoms with Crippen LogP contribution in [-0.2, 0) is 19.2 Å². The first-order valence-electron chi connectivity index (χ1n) is 11.5. The van der Waals surface area contributed by atoms with E-state index in [-0.39, 0.29) is 34.9 Å². The van der Waals surface area contributed by atoms with Crippen LogP contribution in [0.2, 0.25) is 0 Å². The number of fused-ring (bicyclic) bond motifs is 1. The summed E-state index contributed by atoms with van der Waals surface area (Å²) >= 11 is 2.24. The number of thioether (sulfide) groups is 1. The second kappa shape index (κ2) is 10.9. The van der Waals surface area contributed by atoms with Crippen LogP contribution in [0.25, 0.3) is 0 Å². The zero-order valence-electron chi connectivity index (χ0n) is 20.2. The highest BCUT2D eigenvalue weighted by molar-refractivity contribution is 8.00. The van der Waals surface area contributed by atoms with Crippen molar-refractivity contribution in [2.75, 3.05) is 45.3 Å². The molecule has 0 spiro atoms. The Kier molecular flexibility index (Phi) is 7.99. The van der Waals surface area contributed by atoms with Crippen LogP contribution in [0.5, 0.6) is 0 Å². The zero-order chi connectivity index (χ0) is 26.9. The molecule has 5 N–H and O–H groups in total. The van der Waals surface area contributed by atoms with Gasteiger partial charge in [0.25, 0.3) is 5.91 Å². The number of nitrogen functional groups attached to an aromatic ring is 1. The lowest BCUT2D eigenvalue weighted by atomic mass is 9.71. The van der Waals surface area contributed by atoms with Crippen molar-refractivity contribution in [1.29, 1.82) is 0 Å². The van der Waals surface area contributed by atoms with Crippen molar-refractivity contribution in [2.45, 2.75) is 29.9 Å². The van der Waals surface area contributed by atoms with E-state index in [0.29, 0.717) is 35.3 Å². The van der Waals surface area contributed by atoms with E-state index in [1.807, 2.05) is 13.1 Å². The third kappa shape index (κ3) is 5.27. The Hall–Kier alpha value is -2.85. The van der Waals surface area contributed by atoms with Crippen molar-refractivity contribution in [1.82, 2.24) is 14.7 Å². The van der Waals surface area contributed by atoms with Gasteiger partial charge in [0, 0.05) is 29.0 Å². The smallest absolute Gasteiger partial charge is 0.277 e. The molecule has 2 fully saturated rings. The molecule has 1 aromatic heterocycles. The molecule has 13 nitrogen and oxygen atoms in total. The number of allylic oxidation sites excluding steroid dienone is 1. The van der Waals surface area contributed by atoms with Crippen LogP contribution in [0, 0.1) is 5.92 Å². The minimum atomic E-state index is -1.43. The predicted octanol–water partition coefficient (Wildman–Crippen LogP) is -2.56. The number of hydrogen-bond donors (Lipinski definition) is 4. The number of Topliss-reactive ketones (excluding diaryl/α,β-unsaturated/α-hetero) is 1. The zero-order valence-corrected chi connectivity index (χ0v) is 21.8. The number of amides is 1. The Morgan fingerprint density at radius 1 is 1.43 bits per heavy atom. The first kappa shape index (κ1) is 27.2. The number of nitrogens with two attached hydrogens (primary N) is 1. The number of nitrogens with one attached hydrogen (secondary N) is 1. The van der Waals surface area contributed by atoms with Gasteiger partial charge in [-0.2, -0.15) is 21.1 Å². The lowest BCUT2D eigenvalue weighted by Gasteiger charge is -2.47. The molecule has 1 aliphatic carbocycles. The van der Waals surface area contributed by atoms with E-state index in [4.69, 9.17) is 10.6 Å². The van der Waals surface area contributed by atoms with Crippen LogP contribution < -0.4 is 16.2 Å². The molecule has 1 aromatic rings. The van der Waals surface area contributed by atoms with Gasteiger partial charge in [-0.05, 0) is 17.2 Å². The number of likely N-dealkylation sites (tertiary alicyclic amines) is 1. The second-order valence-electron chi connectivity index (χ2n) is 9.38. The summed E-state index contributed by atoms with van der Waals surface area (Å²) in [6.45, 7) is 0.908. The van der Waals surface area contributed by atoms with Crippen molar-refractivity contribution < 1.29 is 39.0 Å². The monoisotopic (exact) mass is 552 g/mol. The molecular formula is C22H28N6O7S2. The Morgan fingerprint density at radius 3 is 2.81 bits per heavy atom. The molecule has 0 aromatic carbocycles. The Balaban J connectivity index is 1.48. The van der Waals surface area contributed by atoms with E-state index in [1.165, 1.54) is 18.9 Å². The van der Waals surface area contributed by atoms with E-state index in [2.05, 4.69) is 19.8 Å². The molecule has 2 aliphatic heterocycles. The highest BCUT2D eigenvalue weighted by Gasteiger charge is 2.55. The van der Waals surface area contributed by atoms with Crippen LogP contribution in [0.3, 0.4) is 0 Å². The number of nitrogens with zero attached hydrogens (tertiary/aromatic N) is 4. The average molecular weight is 553 g/mol. The second-order valence-corrected chi connectivity index (χ2v) is 11.3. The van der Waals surface area contributed by atoms with Crippen LogP contribution in [-0.4, -0.2) is 110 Å². The predicted molar refractivity (Wildman–Crippen MR) is 133 cm³/mol. The van der Waals surface area contributed by atoms with Gasteiger partial charge < -0.3 is 40.5 Å². The van der Waals surface area contributed by atoms with E-state index in [9.17, 15) is 29.7 Å². The number of aliphatic carboxylic acids is 1. The first-order chi connectivity index (χ1) is 17.6. The molecular weight excluding hydrogens is 524 g/mol. The maximum absolute atomic E-state index is 13.0. The number of carbonyl (C=O) groups excluding carboxylic acids is 3. The van der Waals surface area contributed by atoms with Crippen molar-refractivity contribution >= 4 is 51.8 Å². The highest BCUT2D eigenvalue weighted by Crippen LogP contribution is 2.45. The SMILES string of the molecule is CO/N=C(\C(=O)N[C@@H]1C(=O)C2C(C(=O)[O-])=C(/C=C/C[N+]3(C)C[C@H](O)C[C@H]3CO)CS[C@@H]21)c1nsc(N)n1. The number of oxime groups is 1. The van der Waals surface area contributed by atoms with Gasteiger partial charge in [0.2, 0.25) is 11.5 Å². The molecule has 200 valence electrons. The number of carboxylic acids is 1. The standard InChI is InChI=1S/C22H28N6O7S2/c1-28(7-12(30)6-11(28)8-29)5-3-4-10-9-36-18-14(13(10)21(33)34)17(31)15(18)24-20(32)16(26-35-2)19-25-22(23)37-27-19/h3-4,11-12,14-15,18,29-30H,5-9H2,1-2H3,(H3-,23,24,25,27,32,33,34)/b4-3+,26-16-/t11-,12+,14?,15+,18-,28?/m0/s1. The topological polar surface area (TPSA) is 200 Å². The number of anilines is 1. The third-order valence-electron chi connectivity index (χ3n) is 7.02. The van der Waals surface area contributed by atoms with Gasteiger partial charge in [-0.3, -0.25) is 9.59 Å². The molecule has 1 saturated heterocycles. The van der Waals surface area contributed by atoms with E-state index in [1.54, 1.807) is 6.08 Å². The van der Waals surface area contributed by atoms with Crippen LogP contribution in [0.1, 0.15) is 12.2 Å². The van der Waals surface area contributed by atoms with Crippen molar-refractivity contribution in [3.8, 4) is 0 Å². The largest absolute Gasteiger partial charge is 0.545 e. The quantitative estimate of drug-likeness (QED) is 0.143. The molecule has 4 rings (SSSR count). The Bertz CT molecular complexity index is 1180. The molecule has 3 heterocycles. The number of aliphatic hydroxyl groups excluding tert-OH is 2. The lowest BCUT2D eigenvalue weighted by Crippen LogP contribution is -2.66. The van der Waals surface area contributed by atoms with E-state index >= 15 is 0 Å². The fourth-order valence-electron chi connectivity index (χ4n) is 5.12. The number of hydrogen-bond acceptors (Lipinski definition) is 13. The number of carboxylic acid groups (broad SMARTS) is 1. The van der Waals surface area contributed by atoms with Gasteiger partial charge in [-0.15, -0.1) is 0 Å². The number of aromatic nitrogens is 2. The Labute approximate surface area is 220 Å². The molecule has 15 heteroatoms. The van der Waals surface area contributed by atoms with Crippen molar-refractivity contribution in [3.63, 3.8) is 0 Å². The van der Waals surface area contributed by atoms with Gasteiger partial charge in [0.05, 0.1) is 32.1 Å². The summed E-state index contributed by atoms with van der Waals surface area (Å²) in [6, 6.07) is -1.04. The summed E-state index contributed by atoms with van der Waals surface area (Å²) in [5.74, 6) is -3.28. The number of rotatable bonds is 9. The molecule has 2 unspecified atom stereocenters. The van der Waals surface area contributed by atoms with Gasteiger partial charge in [-0.1, -0.05) is 11.2 Å². The van der Waals surface area contributed by atoms with Crippen molar-refractivity contribution in [3.05, 3.63) is 29.1 Å². The first-order valence-corrected chi connectivity index (χ1v) is 13.3. The minimum absolute atomic E-state index is 0.0467. The number of likely N-dealkylation sites (N-methyl/N-ethyl adjacent to an activating group) is 1.